The molecule has 3 aromatic rings. The fraction of sp³-hybridized carbons (Fsp3) is 0.105. The van der Waals surface area contributed by atoms with Gasteiger partial charge in [-0.1, -0.05) is 18.2 Å². The number of carboxylic acids is 1. The zero-order valence-electron chi connectivity index (χ0n) is 16.3. The Kier molecular flexibility index (Phi) is 8.04. The van der Waals surface area contributed by atoms with Gasteiger partial charge in [-0.05, 0) is 36.1 Å². The monoisotopic (exact) mass is 503 g/mol. The number of thioether (sulfide) groups is 1. The van der Waals surface area contributed by atoms with E-state index in [1.54, 1.807) is 42.9 Å². The number of hydrogen-bond acceptors (Lipinski definition) is 7. The SMILES string of the molecule is CSc1sc(C(=N)N)cc1S(=O)(=O)c1cccc(-c2cccnc2)c1.O=C(O)C(F)(F)F. The Bertz CT molecular complexity index is 1230. The molecule has 7 nitrogen and oxygen atoms in total. The molecule has 0 radical (unpaired) electrons. The molecule has 0 saturated carbocycles. The van der Waals surface area contributed by atoms with Gasteiger partial charge in [0.15, 0.2) is 0 Å². The molecular formula is C19H16F3N3O4S3. The average Bonchev–Trinajstić information content (AvgIpc) is 3.20. The summed E-state index contributed by atoms with van der Waals surface area (Å²) in [5.41, 5.74) is 7.14. The third-order valence-electron chi connectivity index (χ3n) is 3.79. The molecule has 0 aliphatic rings. The largest absolute Gasteiger partial charge is 0.490 e. The molecule has 0 amide bonds. The van der Waals surface area contributed by atoms with Gasteiger partial charge in [-0.2, -0.15) is 13.2 Å². The van der Waals surface area contributed by atoms with Gasteiger partial charge in [-0.25, -0.2) is 13.2 Å². The van der Waals surface area contributed by atoms with E-state index in [-0.39, 0.29) is 15.6 Å². The fourth-order valence-electron chi connectivity index (χ4n) is 2.32. The van der Waals surface area contributed by atoms with Crippen LogP contribution in [0.2, 0.25) is 0 Å². The summed E-state index contributed by atoms with van der Waals surface area (Å²) in [5.74, 6) is -2.89. The van der Waals surface area contributed by atoms with Crippen molar-refractivity contribution >= 4 is 44.7 Å². The van der Waals surface area contributed by atoms with Crippen molar-refractivity contribution in [2.24, 2.45) is 5.73 Å². The molecule has 170 valence electrons. The lowest BCUT2D eigenvalue weighted by Gasteiger charge is -2.07. The molecular weight excluding hydrogens is 487 g/mol. The number of nitrogens with two attached hydrogens (primary N) is 1. The number of alkyl halides is 3. The van der Waals surface area contributed by atoms with Crippen molar-refractivity contribution in [3.8, 4) is 11.1 Å². The fourth-order valence-corrected chi connectivity index (χ4v) is 6.23. The number of rotatable bonds is 5. The van der Waals surface area contributed by atoms with Crippen LogP contribution >= 0.6 is 23.1 Å². The van der Waals surface area contributed by atoms with Gasteiger partial charge >= 0.3 is 12.1 Å². The van der Waals surface area contributed by atoms with Crippen molar-refractivity contribution in [3.05, 3.63) is 59.7 Å². The number of hydrogen-bond donors (Lipinski definition) is 3. The normalized spacial score (nSPS) is 11.4. The highest BCUT2D eigenvalue weighted by atomic mass is 32.2. The highest BCUT2D eigenvalue weighted by Crippen LogP contribution is 2.37. The van der Waals surface area contributed by atoms with E-state index in [1.807, 2.05) is 12.1 Å². The molecule has 4 N–H and O–H groups in total. The van der Waals surface area contributed by atoms with E-state index in [1.165, 1.54) is 29.2 Å². The van der Waals surface area contributed by atoms with Crippen LogP contribution in [0.4, 0.5) is 13.2 Å². The number of nitrogens with zero attached hydrogens (tertiary/aromatic N) is 1. The number of pyridine rings is 1. The first kappa shape index (κ1) is 25.4. The first-order valence-corrected chi connectivity index (χ1v) is 12.0. The van der Waals surface area contributed by atoms with Gasteiger partial charge in [0.05, 0.1) is 18.9 Å². The number of sulfone groups is 1. The molecule has 0 aliphatic carbocycles. The molecule has 1 aromatic carbocycles. The lowest BCUT2D eigenvalue weighted by Crippen LogP contribution is -2.21. The molecule has 2 aromatic heterocycles. The summed E-state index contributed by atoms with van der Waals surface area (Å²) >= 11 is 2.55. The Morgan fingerprint density at radius 1 is 1.19 bits per heavy atom. The van der Waals surface area contributed by atoms with E-state index in [0.29, 0.717) is 9.09 Å². The van der Waals surface area contributed by atoms with Crippen LogP contribution in [0.3, 0.4) is 0 Å². The zero-order valence-corrected chi connectivity index (χ0v) is 18.7. The Labute approximate surface area is 189 Å². The topological polar surface area (TPSA) is 134 Å². The molecule has 0 fully saturated rings. The number of aromatic nitrogens is 1. The van der Waals surface area contributed by atoms with Crippen LogP contribution in [0.5, 0.6) is 0 Å². The van der Waals surface area contributed by atoms with Gasteiger partial charge < -0.3 is 10.8 Å². The van der Waals surface area contributed by atoms with Gasteiger partial charge in [0.25, 0.3) is 0 Å². The molecule has 3 rings (SSSR count). The van der Waals surface area contributed by atoms with E-state index in [2.05, 4.69) is 4.98 Å². The maximum absolute atomic E-state index is 13.1. The van der Waals surface area contributed by atoms with E-state index in [4.69, 9.17) is 21.0 Å². The Morgan fingerprint density at radius 3 is 2.31 bits per heavy atom. The van der Waals surface area contributed by atoms with Crippen molar-refractivity contribution in [1.82, 2.24) is 4.98 Å². The number of thiophene rings is 1. The number of halogens is 3. The van der Waals surface area contributed by atoms with Crippen LogP contribution in [0.15, 0.2) is 68.9 Å². The van der Waals surface area contributed by atoms with Crippen molar-refractivity contribution in [1.29, 1.82) is 5.41 Å². The van der Waals surface area contributed by atoms with E-state index in [0.717, 1.165) is 11.1 Å². The van der Waals surface area contributed by atoms with Gasteiger partial charge in [-0.3, -0.25) is 10.4 Å². The van der Waals surface area contributed by atoms with Crippen LogP contribution in [0, 0.1) is 5.41 Å². The lowest BCUT2D eigenvalue weighted by molar-refractivity contribution is -0.192. The molecule has 2 heterocycles. The van der Waals surface area contributed by atoms with Crippen LogP contribution in [-0.2, 0) is 14.6 Å². The molecule has 0 saturated heterocycles. The highest BCUT2D eigenvalue weighted by molar-refractivity contribution is 8.01. The maximum Gasteiger partial charge on any atom is 0.490 e. The van der Waals surface area contributed by atoms with Crippen LogP contribution in [0.25, 0.3) is 11.1 Å². The second-order valence-corrected chi connectivity index (χ2v) is 10.0. The Hall–Kier alpha value is -2.90. The van der Waals surface area contributed by atoms with Gasteiger partial charge in [0, 0.05) is 18.0 Å². The number of carbonyl (C=O) groups is 1. The summed E-state index contributed by atoms with van der Waals surface area (Å²) in [6, 6.07) is 11.9. The summed E-state index contributed by atoms with van der Waals surface area (Å²) in [4.78, 5) is 13.8. The van der Waals surface area contributed by atoms with Crippen molar-refractivity contribution in [2.45, 2.75) is 20.2 Å². The third kappa shape index (κ3) is 6.08. The number of nitrogens with one attached hydrogen (secondary N) is 1. The average molecular weight is 504 g/mol. The summed E-state index contributed by atoms with van der Waals surface area (Å²) in [6.45, 7) is 0. The minimum atomic E-state index is -5.08. The summed E-state index contributed by atoms with van der Waals surface area (Å²) in [7, 11) is -3.71. The molecule has 32 heavy (non-hydrogen) atoms. The van der Waals surface area contributed by atoms with E-state index >= 15 is 0 Å². The van der Waals surface area contributed by atoms with Crippen molar-refractivity contribution in [2.75, 3.05) is 6.26 Å². The predicted octanol–water partition coefficient (Wildman–Crippen LogP) is 4.28. The van der Waals surface area contributed by atoms with Crippen LogP contribution in [0.1, 0.15) is 4.88 Å². The van der Waals surface area contributed by atoms with Gasteiger partial charge in [0.1, 0.15) is 5.84 Å². The number of nitrogen functional groups attached to an aromatic ring is 1. The Morgan fingerprint density at radius 2 is 1.81 bits per heavy atom. The second kappa shape index (κ2) is 10.1. The minimum Gasteiger partial charge on any atom is -0.475 e. The summed E-state index contributed by atoms with van der Waals surface area (Å²) < 4.78 is 58.6. The third-order valence-corrected chi connectivity index (χ3v) is 8.13. The van der Waals surface area contributed by atoms with Crippen molar-refractivity contribution in [3.63, 3.8) is 0 Å². The first-order chi connectivity index (χ1) is 14.9. The van der Waals surface area contributed by atoms with E-state index in [9.17, 15) is 21.6 Å². The summed E-state index contributed by atoms with van der Waals surface area (Å²) in [5, 5.41) is 14.7. The highest BCUT2D eigenvalue weighted by Gasteiger charge is 2.38. The van der Waals surface area contributed by atoms with Crippen LogP contribution in [-0.4, -0.2) is 42.7 Å². The molecule has 0 bridgehead atoms. The van der Waals surface area contributed by atoms with Gasteiger partial charge in [-0.15, -0.1) is 23.1 Å². The number of aliphatic carboxylic acids is 1. The maximum atomic E-state index is 13.1. The van der Waals surface area contributed by atoms with Crippen molar-refractivity contribution < 1.29 is 31.5 Å². The smallest absolute Gasteiger partial charge is 0.475 e. The van der Waals surface area contributed by atoms with Gasteiger partial charge in [0.2, 0.25) is 9.84 Å². The number of benzene rings is 1. The summed E-state index contributed by atoms with van der Waals surface area (Å²) in [6.07, 6.45) is 0.0851. The zero-order chi connectivity index (χ0) is 24.1. The minimum absolute atomic E-state index is 0.133. The molecule has 0 spiro atoms. The molecule has 0 aliphatic heterocycles. The standard InChI is InChI=1S/C17H15N3O2S3.C2HF3O2/c1-23-17-15(9-14(24-17)16(18)19)25(21,22)13-6-2-4-11(8-13)12-5-3-7-20-10-12;3-2(4,5)1(6)7/h2-10H,1H3,(H3,18,19);(H,6,7). The van der Waals surface area contributed by atoms with E-state index < -0.39 is 22.0 Å². The Balaban J connectivity index is 0.000000451. The number of amidine groups is 1. The van der Waals surface area contributed by atoms with Crippen LogP contribution < -0.4 is 5.73 Å². The quantitative estimate of drug-likeness (QED) is 0.269. The lowest BCUT2D eigenvalue weighted by atomic mass is 10.1. The molecule has 0 atom stereocenters. The second-order valence-electron chi connectivity index (χ2n) is 5.96. The molecule has 13 heteroatoms. The molecule has 0 unspecified atom stereocenters. The number of carboxylic acid groups (broad SMARTS) is 1. The first-order valence-electron chi connectivity index (χ1n) is 8.45. The predicted molar refractivity (Wildman–Crippen MR) is 116 cm³/mol.